The van der Waals surface area contributed by atoms with Crippen LogP contribution in [0.4, 0.5) is 11.4 Å². The van der Waals surface area contributed by atoms with E-state index >= 15 is 0 Å². The molecule has 10 nitrogen and oxygen atoms in total. The number of carboxylic acids is 2. The SMILES string of the molecule is CCN=C1C(c2ccc([C@H]3CCN(c4c5ccnc4C(c4ccccc4C(=O)O)C5)C3=NCC)cc2)CCN1c1c2ccnc1C(c1ccccc1C(=O)O)C2. The van der Waals surface area contributed by atoms with Gasteiger partial charge in [-0.05, 0) is 97.2 Å². The van der Waals surface area contributed by atoms with Gasteiger partial charge in [-0.25, -0.2) is 9.59 Å². The summed E-state index contributed by atoms with van der Waals surface area (Å²) >= 11 is 0. The molecule has 0 amide bonds. The number of hydrogen-bond acceptors (Lipinski definition) is 6. The maximum Gasteiger partial charge on any atom is 0.335 e. The Bertz CT molecular complexity index is 2260. The third-order valence-electron chi connectivity index (χ3n) is 12.1. The van der Waals surface area contributed by atoms with E-state index < -0.39 is 11.9 Å². The van der Waals surface area contributed by atoms with E-state index in [4.69, 9.17) is 20.0 Å². The van der Waals surface area contributed by atoms with E-state index in [1.807, 2.05) is 36.7 Å². The third kappa shape index (κ3) is 5.86. The van der Waals surface area contributed by atoms with Gasteiger partial charge in [0, 0.05) is 62.2 Å². The van der Waals surface area contributed by atoms with Crippen molar-refractivity contribution in [2.75, 3.05) is 36.0 Å². The second-order valence-electron chi connectivity index (χ2n) is 15.0. The summed E-state index contributed by atoms with van der Waals surface area (Å²) in [5.41, 5.74) is 11.0. The van der Waals surface area contributed by atoms with Gasteiger partial charge in [0.2, 0.25) is 0 Å². The molecule has 2 N–H and O–H groups in total. The minimum atomic E-state index is -0.920. The number of aromatic nitrogens is 2. The number of carboxylic acid groups (broad SMARTS) is 2. The van der Waals surface area contributed by atoms with Crippen LogP contribution in [-0.2, 0) is 12.8 Å². The Kier molecular flexibility index (Phi) is 9.19. The van der Waals surface area contributed by atoms with Crippen LogP contribution in [0.5, 0.6) is 0 Å². The molecule has 2 aromatic heterocycles. The van der Waals surface area contributed by atoms with Crippen LogP contribution in [0.25, 0.3) is 0 Å². The highest BCUT2D eigenvalue weighted by molar-refractivity contribution is 6.07. The lowest BCUT2D eigenvalue weighted by Crippen LogP contribution is -2.29. The lowest BCUT2D eigenvalue weighted by Gasteiger charge is -2.24. The molecule has 4 bridgehead atoms. The number of anilines is 2. The molecule has 9 rings (SSSR count). The zero-order valence-corrected chi connectivity index (χ0v) is 31.6. The highest BCUT2D eigenvalue weighted by Gasteiger charge is 2.42. The summed E-state index contributed by atoms with van der Waals surface area (Å²) in [5, 5.41) is 20.0. The average molecular weight is 745 g/mol. The first-order valence-electron chi connectivity index (χ1n) is 19.7. The number of pyridine rings is 2. The Labute approximate surface area is 326 Å². The van der Waals surface area contributed by atoms with Crippen molar-refractivity contribution in [3.8, 4) is 0 Å². The van der Waals surface area contributed by atoms with E-state index in [1.54, 1.807) is 24.3 Å². The van der Waals surface area contributed by atoms with Gasteiger partial charge in [0.25, 0.3) is 0 Å². The summed E-state index contributed by atoms with van der Waals surface area (Å²) < 4.78 is 0. The maximum absolute atomic E-state index is 12.2. The number of nitrogens with zero attached hydrogens (tertiary/aromatic N) is 6. The normalized spacial score (nSPS) is 22.5. The van der Waals surface area contributed by atoms with Crippen LogP contribution >= 0.6 is 0 Å². The average Bonchev–Trinajstić information content (AvgIpc) is 3.92. The molecule has 2 saturated heterocycles. The summed E-state index contributed by atoms with van der Waals surface area (Å²) in [4.78, 5) is 49.0. The van der Waals surface area contributed by atoms with E-state index in [9.17, 15) is 19.8 Å². The molecule has 4 atom stereocenters. The van der Waals surface area contributed by atoms with Crippen molar-refractivity contribution < 1.29 is 19.8 Å². The molecular weight excluding hydrogens is 701 g/mol. The molecule has 3 unspecified atom stereocenters. The molecule has 56 heavy (non-hydrogen) atoms. The van der Waals surface area contributed by atoms with Crippen LogP contribution in [0.15, 0.2) is 107 Å². The van der Waals surface area contributed by atoms with Crippen LogP contribution in [0.1, 0.15) is 116 Å². The Balaban J connectivity index is 0.984. The summed E-state index contributed by atoms with van der Waals surface area (Å²) in [7, 11) is 0. The first-order chi connectivity index (χ1) is 27.4. The zero-order valence-electron chi connectivity index (χ0n) is 31.6. The number of benzene rings is 3. The van der Waals surface area contributed by atoms with Gasteiger partial charge in [-0.15, -0.1) is 0 Å². The van der Waals surface area contributed by atoms with Crippen LogP contribution < -0.4 is 9.80 Å². The zero-order chi connectivity index (χ0) is 38.5. The largest absolute Gasteiger partial charge is 0.478 e. The predicted octanol–water partition coefficient (Wildman–Crippen LogP) is 8.07. The first-order valence-corrected chi connectivity index (χ1v) is 19.7. The van der Waals surface area contributed by atoms with Crippen molar-refractivity contribution in [1.29, 1.82) is 0 Å². The fourth-order valence-corrected chi connectivity index (χ4v) is 9.77. The molecule has 0 radical (unpaired) electrons. The molecular formula is C46H44N6O4. The highest BCUT2D eigenvalue weighted by atomic mass is 16.4. The van der Waals surface area contributed by atoms with Gasteiger partial charge in [0.05, 0.1) is 33.9 Å². The molecule has 0 saturated carbocycles. The van der Waals surface area contributed by atoms with Gasteiger partial charge in [-0.2, -0.15) is 0 Å². The number of carbonyl (C=O) groups is 2. The molecule has 282 valence electrons. The third-order valence-corrected chi connectivity index (χ3v) is 12.1. The van der Waals surface area contributed by atoms with Gasteiger partial charge in [-0.1, -0.05) is 60.7 Å². The summed E-state index contributed by atoms with van der Waals surface area (Å²) in [6, 6.07) is 27.8. The molecule has 5 aromatic rings. The maximum atomic E-state index is 12.2. The highest BCUT2D eigenvalue weighted by Crippen LogP contribution is 2.49. The fraction of sp³-hybridized carbons (Fsp3) is 0.304. The summed E-state index contributed by atoms with van der Waals surface area (Å²) in [6.45, 7) is 7.08. The molecule has 4 aliphatic rings. The Morgan fingerprint density at radius 1 is 0.607 bits per heavy atom. The van der Waals surface area contributed by atoms with Gasteiger partial charge < -0.3 is 20.0 Å². The van der Waals surface area contributed by atoms with Crippen molar-refractivity contribution in [2.45, 2.75) is 63.2 Å². The van der Waals surface area contributed by atoms with E-state index in [0.717, 1.165) is 71.5 Å². The lowest BCUT2D eigenvalue weighted by atomic mass is 9.91. The van der Waals surface area contributed by atoms with E-state index in [0.29, 0.717) is 37.1 Å². The second-order valence-corrected chi connectivity index (χ2v) is 15.0. The number of amidine groups is 2. The fourth-order valence-electron chi connectivity index (χ4n) is 9.77. The molecule has 4 heterocycles. The van der Waals surface area contributed by atoms with Gasteiger partial charge >= 0.3 is 11.9 Å². The standard InChI is InChI=1S/C46H44N6O4/c1-3-47-43-31(19-23-51(43)41-29-17-21-49-39(41)37(25-29)33-9-5-7-11-35(33)45(53)54)27-13-15-28(16-14-27)32-20-24-52(44(32)48-4-2)42-30-18-22-50-40(42)38(26-30)34-10-6-8-12-36(34)46(55)56/h5-18,21-22,31-32,37-38H,3-4,19-20,23-26H2,1-2H3,(H,53,54)(H,55,56)/t31-,32?,37?,38?/m1/s1. The first kappa shape index (κ1) is 35.5. The molecule has 2 aliphatic carbocycles. The van der Waals surface area contributed by atoms with Crippen molar-refractivity contribution in [3.63, 3.8) is 0 Å². The number of fused-ring (bicyclic) bond motifs is 4. The minimum absolute atomic E-state index is 0.122. The number of rotatable bonds is 10. The van der Waals surface area contributed by atoms with Crippen molar-refractivity contribution in [3.05, 3.63) is 153 Å². The monoisotopic (exact) mass is 744 g/mol. The van der Waals surface area contributed by atoms with Crippen LogP contribution in [-0.4, -0.2) is 70.0 Å². The Hall–Kier alpha value is -6.16. The van der Waals surface area contributed by atoms with Crippen LogP contribution in [0.3, 0.4) is 0 Å². The number of aliphatic imine (C=N–C) groups is 2. The van der Waals surface area contributed by atoms with Crippen molar-refractivity contribution in [1.82, 2.24) is 9.97 Å². The number of aromatic carboxylic acids is 2. The van der Waals surface area contributed by atoms with Crippen LogP contribution in [0, 0.1) is 0 Å². The van der Waals surface area contributed by atoms with Gasteiger partial charge in [0.1, 0.15) is 11.7 Å². The van der Waals surface area contributed by atoms with E-state index in [-0.39, 0.29) is 23.7 Å². The van der Waals surface area contributed by atoms with Crippen molar-refractivity contribution in [2.24, 2.45) is 9.98 Å². The molecule has 3 aromatic carbocycles. The minimum Gasteiger partial charge on any atom is -0.478 e. The Morgan fingerprint density at radius 2 is 1.02 bits per heavy atom. The summed E-state index contributed by atoms with van der Waals surface area (Å²) in [5.74, 6) is 0.239. The lowest BCUT2D eigenvalue weighted by molar-refractivity contribution is 0.0684. The quantitative estimate of drug-likeness (QED) is 0.147. The summed E-state index contributed by atoms with van der Waals surface area (Å²) in [6.07, 6.45) is 6.95. The molecule has 2 fully saturated rings. The smallest absolute Gasteiger partial charge is 0.335 e. The molecule has 2 aliphatic heterocycles. The number of hydrogen-bond donors (Lipinski definition) is 2. The van der Waals surface area contributed by atoms with Crippen molar-refractivity contribution >= 4 is 35.0 Å². The predicted molar refractivity (Wildman–Crippen MR) is 218 cm³/mol. The Morgan fingerprint density at radius 3 is 1.41 bits per heavy atom. The molecule has 0 spiro atoms. The second kappa shape index (κ2) is 14.5. The van der Waals surface area contributed by atoms with E-state index in [1.165, 1.54) is 22.3 Å². The van der Waals surface area contributed by atoms with Crippen LogP contribution in [0.2, 0.25) is 0 Å². The topological polar surface area (TPSA) is 132 Å². The van der Waals surface area contributed by atoms with Gasteiger partial charge in [0.15, 0.2) is 0 Å². The molecule has 10 heteroatoms. The van der Waals surface area contributed by atoms with Gasteiger partial charge in [-0.3, -0.25) is 20.0 Å². The van der Waals surface area contributed by atoms with E-state index in [2.05, 4.69) is 60.0 Å².